The molecule has 0 spiro atoms. The summed E-state index contributed by atoms with van der Waals surface area (Å²) in [4.78, 5) is 12.3. The molecule has 1 N–H and O–H groups in total. The molecule has 1 aliphatic rings. The van der Waals surface area contributed by atoms with E-state index >= 15 is 0 Å². The molecule has 2 aromatic carbocycles. The van der Waals surface area contributed by atoms with Crippen LogP contribution in [0, 0.1) is 11.7 Å². The fourth-order valence-corrected chi connectivity index (χ4v) is 4.21. The molecule has 0 unspecified atom stereocenters. The number of para-hydroxylation sites is 1. The third kappa shape index (κ3) is 5.02. The first-order valence-electron chi connectivity index (χ1n) is 8.74. The Kier molecular flexibility index (Phi) is 6.03. The van der Waals surface area contributed by atoms with Crippen LogP contribution in [0.1, 0.15) is 18.4 Å². The minimum absolute atomic E-state index is 0.142. The first kappa shape index (κ1) is 19.3. The lowest BCUT2D eigenvalue weighted by atomic mass is 9.97. The van der Waals surface area contributed by atoms with Crippen molar-refractivity contribution in [1.29, 1.82) is 0 Å². The third-order valence-corrected chi connectivity index (χ3v) is 6.11. The van der Waals surface area contributed by atoms with Gasteiger partial charge in [-0.05, 0) is 36.6 Å². The molecule has 3 rings (SSSR count). The van der Waals surface area contributed by atoms with E-state index < -0.39 is 15.8 Å². The first-order valence-corrected chi connectivity index (χ1v) is 10.2. The highest BCUT2D eigenvalue weighted by Crippen LogP contribution is 2.23. The molecule has 1 heterocycles. The maximum Gasteiger partial charge on any atom is 0.236 e. The third-order valence-electron chi connectivity index (χ3n) is 4.55. The number of carbonyl (C=O) groups excluding carboxylic acids is 1. The highest BCUT2D eigenvalue weighted by molar-refractivity contribution is 7.92. The van der Waals surface area contributed by atoms with Crippen molar-refractivity contribution >= 4 is 27.7 Å². The lowest BCUT2D eigenvalue weighted by molar-refractivity contribution is -0.120. The van der Waals surface area contributed by atoms with Crippen molar-refractivity contribution in [3.8, 4) is 0 Å². The Morgan fingerprint density at radius 3 is 2.33 bits per heavy atom. The molecule has 0 bridgehead atoms. The molecule has 142 valence electrons. The van der Waals surface area contributed by atoms with Crippen LogP contribution in [0.4, 0.5) is 10.1 Å². The number of amides is 1. The Labute approximate surface area is 158 Å². The zero-order valence-corrected chi connectivity index (χ0v) is 15.5. The zero-order chi connectivity index (χ0) is 19.3. The second-order valence-corrected chi connectivity index (χ2v) is 8.22. The van der Waals surface area contributed by atoms with Crippen LogP contribution >= 0.6 is 0 Å². The van der Waals surface area contributed by atoms with Crippen molar-refractivity contribution in [3.05, 3.63) is 71.4 Å². The number of hydrogen-bond donors (Lipinski definition) is 1. The van der Waals surface area contributed by atoms with Gasteiger partial charge >= 0.3 is 0 Å². The van der Waals surface area contributed by atoms with Crippen LogP contribution in [0.15, 0.2) is 60.0 Å². The van der Waals surface area contributed by atoms with E-state index in [1.54, 1.807) is 18.2 Å². The smallest absolute Gasteiger partial charge is 0.236 e. The van der Waals surface area contributed by atoms with Gasteiger partial charge in [0, 0.05) is 24.4 Å². The summed E-state index contributed by atoms with van der Waals surface area (Å²) < 4.78 is 39.9. The van der Waals surface area contributed by atoms with E-state index in [1.807, 2.05) is 30.3 Å². The number of piperidine rings is 1. The Balaban J connectivity index is 1.57. The second-order valence-electron chi connectivity index (χ2n) is 6.40. The molecular weight excluding hydrogens is 367 g/mol. The van der Waals surface area contributed by atoms with E-state index in [0.29, 0.717) is 12.8 Å². The Morgan fingerprint density at radius 2 is 1.67 bits per heavy atom. The van der Waals surface area contributed by atoms with Gasteiger partial charge in [0.2, 0.25) is 15.9 Å². The van der Waals surface area contributed by atoms with Gasteiger partial charge < -0.3 is 5.32 Å². The van der Waals surface area contributed by atoms with Gasteiger partial charge in [-0.2, -0.15) is 4.31 Å². The maximum absolute atomic E-state index is 13.7. The molecule has 27 heavy (non-hydrogen) atoms. The molecule has 1 saturated heterocycles. The Bertz CT molecular complexity index is 921. The summed E-state index contributed by atoms with van der Waals surface area (Å²) in [6.45, 7) is 0.521. The fraction of sp³-hybridized carbons (Fsp3) is 0.250. The fourth-order valence-electron chi connectivity index (χ4n) is 2.98. The van der Waals surface area contributed by atoms with Crippen molar-refractivity contribution in [2.45, 2.75) is 12.8 Å². The summed E-state index contributed by atoms with van der Waals surface area (Å²) >= 11 is 0. The highest BCUT2D eigenvalue weighted by Gasteiger charge is 2.30. The molecule has 0 aliphatic carbocycles. The van der Waals surface area contributed by atoms with Gasteiger partial charge in [-0.25, -0.2) is 12.8 Å². The summed E-state index contributed by atoms with van der Waals surface area (Å²) in [5, 5.41) is 3.78. The number of halogens is 1. The highest BCUT2D eigenvalue weighted by atomic mass is 32.2. The monoisotopic (exact) mass is 388 g/mol. The van der Waals surface area contributed by atoms with Crippen LogP contribution in [0.25, 0.3) is 6.08 Å². The first-order chi connectivity index (χ1) is 13.0. The number of anilines is 1. The van der Waals surface area contributed by atoms with Crippen LogP contribution in [0.5, 0.6) is 0 Å². The lowest BCUT2D eigenvalue weighted by Gasteiger charge is -2.29. The number of benzene rings is 2. The SMILES string of the molecule is O=C(Nc1ccccc1F)C1CCN(S(=O)(=O)C=Cc2ccccc2)CC1. The maximum atomic E-state index is 13.7. The predicted molar refractivity (Wildman–Crippen MR) is 104 cm³/mol. The summed E-state index contributed by atoms with van der Waals surface area (Å²) in [7, 11) is -3.54. The molecule has 1 amide bonds. The lowest BCUT2D eigenvalue weighted by Crippen LogP contribution is -2.40. The van der Waals surface area contributed by atoms with Crippen LogP contribution in [-0.2, 0) is 14.8 Å². The van der Waals surface area contributed by atoms with Crippen molar-refractivity contribution in [1.82, 2.24) is 4.31 Å². The largest absolute Gasteiger partial charge is 0.323 e. The van der Waals surface area contributed by atoms with Crippen molar-refractivity contribution in [3.63, 3.8) is 0 Å². The zero-order valence-electron chi connectivity index (χ0n) is 14.7. The molecule has 1 fully saturated rings. The van der Waals surface area contributed by atoms with E-state index in [9.17, 15) is 17.6 Å². The van der Waals surface area contributed by atoms with Crippen molar-refractivity contribution in [2.75, 3.05) is 18.4 Å². The molecule has 1 aliphatic heterocycles. The van der Waals surface area contributed by atoms with Crippen LogP contribution in [-0.4, -0.2) is 31.7 Å². The number of nitrogens with one attached hydrogen (secondary N) is 1. The van der Waals surface area contributed by atoms with Gasteiger partial charge in [-0.1, -0.05) is 42.5 Å². The number of carbonyl (C=O) groups is 1. The number of hydrogen-bond acceptors (Lipinski definition) is 3. The van der Waals surface area contributed by atoms with Crippen LogP contribution in [0.2, 0.25) is 0 Å². The number of sulfonamides is 1. The van der Waals surface area contributed by atoms with Crippen LogP contribution in [0.3, 0.4) is 0 Å². The second kappa shape index (κ2) is 8.45. The predicted octanol–water partition coefficient (Wildman–Crippen LogP) is 3.48. The minimum atomic E-state index is -3.54. The summed E-state index contributed by atoms with van der Waals surface area (Å²) in [6, 6.07) is 15.2. The summed E-state index contributed by atoms with van der Waals surface area (Å²) in [5.41, 5.74) is 0.948. The molecule has 0 aromatic heterocycles. The van der Waals surface area contributed by atoms with Gasteiger partial charge in [-0.3, -0.25) is 4.79 Å². The quantitative estimate of drug-likeness (QED) is 0.853. The minimum Gasteiger partial charge on any atom is -0.323 e. The number of rotatable bonds is 5. The average molecular weight is 388 g/mol. The van der Waals surface area contributed by atoms with E-state index in [1.165, 1.54) is 21.8 Å². The van der Waals surface area contributed by atoms with Gasteiger partial charge in [-0.15, -0.1) is 0 Å². The normalized spacial score (nSPS) is 16.5. The van der Waals surface area contributed by atoms with E-state index in [2.05, 4.69) is 5.32 Å². The van der Waals surface area contributed by atoms with Gasteiger partial charge in [0.25, 0.3) is 0 Å². The van der Waals surface area contributed by atoms with Crippen molar-refractivity contribution in [2.24, 2.45) is 5.92 Å². The molecule has 0 radical (unpaired) electrons. The standard InChI is InChI=1S/C20H21FN2O3S/c21-18-8-4-5-9-19(18)22-20(24)17-10-13-23(14-11-17)27(25,26)15-12-16-6-2-1-3-7-16/h1-9,12,15,17H,10-11,13-14H2,(H,22,24). The van der Waals surface area contributed by atoms with Crippen LogP contribution < -0.4 is 5.32 Å². The molecule has 5 nitrogen and oxygen atoms in total. The molecule has 0 saturated carbocycles. The molecular formula is C20H21FN2O3S. The average Bonchev–Trinajstić information content (AvgIpc) is 2.69. The topological polar surface area (TPSA) is 66.5 Å². The van der Waals surface area contributed by atoms with Gasteiger partial charge in [0.15, 0.2) is 0 Å². The number of nitrogens with zero attached hydrogens (tertiary/aromatic N) is 1. The Hall–Kier alpha value is -2.51. The van der Waals surface area contributed by atoms with Crippen molar-refractivity contribution < 1.29 is 17.6 Å². The summed E-state index contributed by atoms with van der Waals surface area (Å²) in [5.74, 6) is -1.11. The van der Waals surface area contributed by atoms with Gasteiger partial charge in [0.1, 0.15) is 5.82 Å². The summed E-state index contributed by atoms with van der Waals surface area (Å²) in [6.07, 6.45) is 2.36. The molecule has 2 aromatic rings. The molecule has 0 atom stereocenters. The Morgan fingerprint density at radius 1 is 1.04 bits per heavy atom. The van der Waals surface area contributed by atoms with E-state index in [-0.39, 0.29) is 30.6 Å². The van der Waals surface area contributed by atoms with E-state index in [4.69, 9.17) is 0 Å². The van der Waals surface area contributed by atoms with E-state index in [0.717, 1.165) is 5.56 Å². The molecule has 7 heteroatoms. The van der Waals surface area contributed by atoms with Gasteiger partial charge in [0.05, 0.1) is 5.69 Å².